The average molecular weight is 668 g/mol. The van der Waals surface area contributed by atoms with E-state index in [0.717, 1.165) is 31.4 Å². The molecule has 0 N–H and O–H groups in total. The molecule has 10 aromatic rings. The molecule has 1 amide bonds. The fourth-order valence-electron chi connectivity index (χ4n) is 8.60. The highest BCUT2D eigenvalue weighted by molar-refractivity contribution is 6.24. The van der Waals surface area contributed by atoms with Crippen molar-refractivity contribution in [3.8, 4) is 0 Å². The zero-order valence-electron chi connectivity index (χ0n) is 29.2. The van der Waals surface area contributed by atoms with E-state index in [4.69, 9.17) is 0 Å². The molecule has 0 aliphatic carbocycles. The standard InChI is InChI=1S/C50H37NO/c1-51(43-28-12-33(13-29-43)9-15-35-19-21-41-25-23-37-5-3-7-39-27-31-45(35)49(41)47(37)39)50(52)42-16-10-32(11-17-42)8-14-34-18-20-40-24-22-36-4-2-6-38-26-30-44(34)48(40)46(36)38/h2-7,10-13,16-31H,8-9,14-15H2,1H3. The van der Waals surface area contributed by atoms with E-state index in [2.05, 4.69) is 146 Å². The predicted octanol–water partition coefficient (Wildman–Crippen LogP) is 12.3. The molecule has 0 radical (unpaired) electrons. The van der Waals surface area contributed by atoms with Crippen LogP contribution in [0.1, 0.15) is 32.6 Å². The number of rotatable bonds is 8. The molecule has 52 heavy (non-hydrogen) atoms. The van der Waals surface area contributed by atoms with Crippen molar-refractivity contribution in [2.45, 2.75) is 25.7 Å². The first-order valence-electron chi connectivity index (χ1n) is 18.4. The minimum absolute atomic E-state index is 0.000258. The molecule has 0 fully saturated rings. The van der Waals surface area contributed by atoms with E-state index in [1.165, 1.54) is 86.9 Å². The number of amides is 1. The van der Waals surface area contributed by atoms with Crippen LogP contribution in [0.15, 0.2) is 158 Å². The molecule has 248 valence electrons. The normalized spacial score (nSPS) is 11.9. The van der Waals surface area contributed by atoms with Gasteiger partial charge < -0.3 is 4.90 Å². The molecule has 0 spiro atoms. The van der Waals surface area contributed by atoms with Crippen molar-refractivity contribution in [3.63, 3.8) is 0 Å². The summed E-state index contributed by atoms with van der Waals surface area (Å²) in [7, 11) is 1.86. The lowest BCUT2D eigenvalue weighted by atomic mass is 9.90. The van der Waals surface area contributed by atoms with Gasteiger partial charge in [-0.15, -0.1) is 0 Å². The Kier molecular flexibility index (Phi) is 7.18. The Balaban J connectivity index is 0.811. The van der Waals surface area contributed by atoms with Crippen LogP contribution in [0.25, 0.3) is 64.6 Å². The number of hydrogen-bond donors (Lipinski definition) is 0. The van der Waals surface area contributed by atoms with Crippen LogP contribution < -0.4 is 4.90 Å². The van der Waals surface area contributed by atoms with E-state index < -0.39 is 0 Å². The molecule has 0 aliphatic rings. The molecule has 0 unspecified atom stereocenters. The number of nitrogens with zero attached hydrogens (tertiary/aromatic N) is 1. The Labute approximate surface area is 303 Å². The monoisotopic (exact) mass is 667 g/mol. The summed E-state index contributed by atoms with van der Waals surface area (Å²) in [5.74, 6) is -0.000258. The molecule has 0 bridgehead atoms. The number of aryl methyl sites for hydroxylation is 4. The second kappa shape index (κ2) is 12.2. The molecule has 0 aromatic heterocycles. The maximum absolute atomic E-state index is 13.5. The molecule has 10 rings (SSSR count). The maximum Gasteiger partial charge on any atom is 0.258 e. The molecular formula is C50H37NO. The SMILES string of the molecule is CN(C(=O)c1ccc(CCc2ccc3ccc4cccc5ccc2c3c45)cc1)c1ccc(CCc2ccc3ccc4cccc5ccc2c3c45)cc1. The van der Waals surface area contributed by atoms with Crippen LogP contribution in [0.2, 0.25) is 0 Å². The van der Waals surface area contributed by atoms with E-state index >= 15 is 0 Å². The number of benzene rings is 10. The Morgan fingerprint density at radius 2 is 0.788 bits per heavy atom. The van der Waals surface area contributed by atoms with Gasteiger partial charge in [0.05, 0.1) is 0 Å². The first kappa shape index (κ1) is 30.6. The van der Waals surface area contributed by atoms with Crippen LogP contribution in [0.4, 0.5) is 5.69 Å². The molecule has 2 heteroatoms. The third kappa shape index (κ3) is 5.06. The first-order chi connectivity index (χ1) is 25.6. The van der Waals surface area contributed by atoms with Crippen molar-refractivity contribution in [2.75, 3.05) is 11.9 Å². The lowest BCUT2D eigenvalue weighted by Crippen LogP contribution is -2.26. The minimum atomic E-state index is -0.000258. The molecule has 0 aliphatic heterocycles. The zero-order valence-corrected chi connectivity index (χ0v) is 29.2. The lowest BCUT2D eigenvalue weighted by molar-refractivity contribution is 0.0993. The summed E-state index contributed by atoms with van der Waals surface area (Å²) >= 11 is 0. The highest BCUT2D eigenvalue weighted by atomic mass is 16.2. The van der Waals surface area contributed by atoms with Crippen molar-refractivity contribution in [1.29, 1.82) is 0 Å². The molecule has 2 nitrogen and oxygen atoms in total. The van der Waals surface area contributed by atoms with Gasteiger partial charge >= 0.3 is 0 Å². The molecule has 0 saturated carbocycles. The number of hydrogen-bond acceptors (Lipinski definition) is 1. The van der Waals surface area contributed by atoms with E-state index in [1.807, 2.05) is 19.2 Å². The Hall–Kier alpha value is -6.25. The van der Waals surface area contributed by atoms with Crippen LogP contribution in [-0.4, -0.2) is 13.0 Å². The van der Waals surface area contributed by atoms with Gasteiger partial charge in [0.25, 0.3) is 5.91 Å². The summed E-state index contributed by atoms with van der Waals surface area (Å²) in [6.07, 6.45) is 3.78. The van der Waals surface area contributed by atoms with Gasteiger partial charge in [-0.2, -0.15) is 0 Å². The third-order valence-electron chi connectivity index (χ3n) is 11.4. The highest BCUT2D eigenvalue weighted by Crippen LogP contribution is 2.38. The van der Waals surface area contributed by atoms with Crippen LogP contribution in [0.3, 0.4) is 0 Å². The molecule has 10 aromatic carbocycles. The van der Waals surface area contributed by atoms with Gasteiger partial charge in [-0.05, 0) is 137 Å². The molecular weight excluding hydrogens is 631 g/mol. The van der Waals surface area contributed by atoms with E-state index in [9.17, 15) is 4.79 Å². The summed E-state index contributed by atoms with van der Waals surface area (Å²) < 4.78 is 0. The summed E-state index contributed by atoms with van der Waals surface area (Å²) in [5.41, 5.74) is 6.84. The van der Waals surface area contributed by atoms with E-state index in [1.54, 1.807) is 4.90 Å². The van der Waals surface area contributed by atoms with Gasteiger partial charge in [-0.3, -0.25) is 4.79 Å². The smallest absolute Gasteiger partial charge is 0.258 e. The summed E-state index contributed by atoms with van der Waals surface area (Å²) in [4.78, 5) is 15.3. The Morgan fingerprint density at radius 1 is 0.404 bits per heavy atom. The second-order valence-corrected chi connectivity index (χ2v) is 14.4. The molecule has 0 saturated heterocycles. The first-order valence-corrected chi connectivity index (χ1v) is 18.4. The number of carbonyl (C=O) groups is 1. The summed E-state index contributed by atoms with van der Waals surface area (Å²) in [5, 5.41) is 16.0. The van der Waals surface area contributed by atoms with Gasteiger partial charge in [-0.25, -0.2) is 0 Å². The highest BCUT2D eigenvalue weighted by Gasteiger charge is 2.16. The number of anilines is 1. The van der Waals surface area contributed by atoms with Crippen molar-refractivity contribution in [2.24, 2.45) is 0 Å². The Bertz CT molecular complexity index is 2890. The minimum Gasteiger partial charge on any atom is -0.311 e. The quantitative estimate of drug-likeness (QED) is 0.148. The van der Waals surface area contributed by atoms with Gasteiger partial charge in [0.1, 0.15) is 0 Å². The van der Waals surface area contributed by atoms with Gasteiger partial charge in [0, 0.05) is 18.3 Å². The average Bonchev–Trinajstić information content (AvgIpc) is 3.20. The zero-order chi connectivity index (χ0) is 34.8. The maximum atomic E-state index is 13.5. The van der Waals surface area contributed by atoms with Crippen LogP contribution in [0.5, 0.6) is 0 Å². The third-order valence-corrected chi connectivity index (χ3v) is 11.4. The summed E-state index contributed by atoms with van der Waals surface area (Å²) in [6, 6.07) is 56.9. The second-order valence-electron chi connectivity index (χ2n) is 14.4. The number of carbonyl (C=O) groups excluding carboxylic acids is 1. The topological polar surface area (TPSA) is 20.3 Å². The van der Waals surface area contributed by atoms with Gasteiger partial charge in [-0.1, -0.05) is 133 Å². The molecule has 0 heterocycles. The van der Waals surface area contributed by atoms with E-state index in [-0.39, 0.29) is 5.91 Å². The predicted molar refractivity (Wildman–Crippen MR) is 221 cm³/mol. The van der Waals surface area contributed by atoms with Gasteiger partial charge in [0.15, 0.2) is 0 Å². The van der Waals surface area contributed by atoms with Crippen LogP contribution in [-0.2, 0) is 25.7 Å². The van der Waals surface area contributed by atoms with Crippen molar-refractivity contribution < 1.29 is 4.79 Å². The summed E-state index contributed by atoms with van der Waals surface area (Å²) in [6.45, 7) is 0. The largest absolute Gasteiger partial charge is 0.311 e. The fraction of sp³-hybridized carbons (Fsp3) is 0.100. The fourth-order valence-corrected chi connectivity index (χ4v) is 8.60. The lowest BCUT2D eigenvalue weighted by Gasteiger charge is -2.18. The van der Waals surface area contributed by atoms with Crippen molar-refractivity contribution in [1.82, 2.24) is 0 Å². The Morgan fingerprint density at radius 3 is 1.25 bits per heavy atom. The van der Waals surface area contributed by atoms with Crippen LogP contribution in [0, 0.1) is 0 Å². The van der Waals surface area contributed by atoms with Crippen molar-refractivity contribution >= 4 is 76.2 Å². The van der Waals surface area contributed by atoms with Gasteiger partial charge in [0.2, 0.25) is 0 Å². The van der Waals surface area contributed by atoms with E-state index in [0.29, 0.717) is 5.56 Å². The molecule has 0 atom stereocenters. The van der Waals surface area contributed by atoms with Crippen LogP contribution >= 0.6 is 0 Å². The van der Waals surface area contributed by atoms with Crippen molar-refractivity contribution in [3.05, 3.63) is 186 Å².